The Morgan fingerprint density at radius 2 is 2.21 bits per heavy atom. The molecule has 2 atom stereocenters. The number of rotatable bonds is 6. The molecule has 0 saturated heterocycles. The van der Waals surface area contributed by atoms with E-state index in [9.17, 15) is 9.59 Å². The molecule has 5 heteroatoms. The normalized spacial score (nSPS) is 19.8. The molecule has 5 nitrogen and oxygen atoms in total. The fraction of sp³-hybridized carbons (Fsp3) is 0.714. The molecule has 108 valence electrons. The van der Waals surface area contributed by atoms with Crippen LogP contribution < -0.4 is 5.32 Å². The average Bonchev–Trinajstić information content (AvgIpc) is 2.42. The van der Waals surface area contributed by atoms with Gasteiger partial charge in [-0.25, -0.2) is 4.79 Å². The first-order valence-corrected chi connectivity index (χ1v) is 6.95. The summed E-state index contributed by atoms with van der Waals surface area (Å²) in [7, 11) is 0. The zero-order valence-corrected chi connectivity index (χ0v) is 11.8. The highest BCUT2D eigenvalue weighted by Gasteiger charge is 2.22. The third kappa shape index (κ3) is 5.32. The van der Waals surface area contributed by atoms with Crippen LogP contribution in [0.2, 0.25) is 0 Å². The Labute approximate surface area is 114 Å². The third-order valence-corrected chi connectivity index (χ3v) is 3.61. The van der Waals surface area contributed by atoms with Crippen LogP contribution in [-0.4, -0.2) is 41.1 Å². The van der Waals surface area contributed by atoms with Crippen molar-refractivity contribution in [3.63, 3.8) is 0 Å². The second-order valence-corrected chi connectivity index (χ2v) is 5.12. The number of carbonyl (C=O) groups is 2. The molecule has 2 unspecified atom stereocenters. The topological polar surface area (TPSA) is 69.6 Å². The van der Waals surface area contributed by atoms with Crippen LogP contribution >= 0.6 is 0 Å². The van der Waals surface area contributed by atoms with Crippen molar-refractivity contribution >= 4 is 12.0 Å². The summed E-state index contributed by atoms with van der Waals surface area (Å²) in [6.45, 7) is 4.19. The van der Waals surface area contributed by atoms with Crippen LogP contribution in [0, 0.1) is 5.92 Å². The minimum Gasteiger partial charge on any atom is -0.480 e. The molecule has 2 amide bonds. The molecule has 1 aliphatic carbocycles. The Kier molecular flexibility index (Phi) is 6.39. The highest BCUT2D eigenvalue weighted by molar-refractivity contribution is 5.80. The summed E-state index contributed by atoms with van der Waals surface area (Å²) in [4.78, 5) is 24.3. The molecule has 0 spiro atoms. The average molecular weight is 268 g/mol. The number of carbonyl (C=O) groups excluding carboxylic acids is 1. The van der Waals surface area contributed by atoms with Gasteiger partial charge in [-0.3, -0.25) is 4.79 Å². The Morgan fingerprint density at radius 3 is 2.74 bits per heavy atom. The van der Waals surface area contributed by atoms with Crippen LogP contribution in [0.1, 0.15) is 39.5 Å². The van der Waals surface area contributed by atoms with Crippen molar-refractivity contribution in [1.29, 1.82) is 0 Å². The minimum absolute atomic E-state index is 0.0673. The second-order valence-electron chi connectivity index (χ2n) is 5.12. The molecule has 0 aromatic carbocycles. The van der Waals surface area contributed by atoms with Gasteiger partial charge in [-0.2, -0.15) is 0 Å². The molecular weight excluding hydrogens is 244 g/mol. The first-order chi connectivity index (χ1) is 9.04. The largest absolute Gasteiger partial charge is 0.480 e. The number of carboxylic acids is 1. The van der Waals surface area contributed by atoms with E-state index in [1.54, 1.807) is 0 Å². The van der Waals surface area contributed by atoms with E-state index in [4.69, 9.17) is 5.11 Å². The van der Waals surface area contributed by atoms with Crippen molar-refractivity contribution in [3.05, 3.63) is 12.2 Å². The molecule has 0 fully saturated rings. The molecule has 1 rings (SSSR count). The van der Waals surface area contributed by atoms with Gasteiger partial charge in [-0.05, 0) is 38.5 Å². The predicted octanol–water partition coefficient (Wildman–Crippen LogP) is 2.24. The van der Waals surface area contributed by atoms with E-state index in [2.05, 4.69) is 17.5 Å². The van der Waals surface area contributed by atoms with Crippen molar-refractivity contribution in [2.24, 2.45) is 5.92 Å². The van der Waals surface area contributed by atoms with Crippen molar-refractivity contribution < 1.29 is 14.7 Å². The molecule has 19 heavy (non-hydrogen) atoms. The smallest absolute Gasteiger partial charge is 0.323 e. The number of hydrogen-bond donors (Lipinski definition) is 2. The van der Waals surface area contributed by atoms with Crippen LogP contribution in [0.4, 0.5) is 4.79 Å². The molecular formula is C14H24N2O3. The van der Waals surface area contributed by atoms with Gasteiger partial charge in [0.1, 0.15) is 6.54 Å². The van der Waals surface area contributed by atoms with Gasteiger partial charge in [0.25, 0.3) is 0 Å². The lowest BCUT2D eigenvalue weighted by atomic mass is 9.94. The van der Waals surface area contributed by atoms with Crippen LogP contribution in [-0.2, 0) is 4.79 Å². The Morgan fingerprint density at radius 1 is 1.47 bits per heavy atom. The maximum atomic E-state index is 12.1. The number of hydrogen-bond acceptors (Lipinski definition) is 2. The summed E-state index contributed by atoms with van der Waals surface area (Å²) >= 11 is 0. The van der Waals surface area contributed by atoms with E-state index in [0.717, 1.165) is 25.7 Å². The quantitative estimate of drug-likeness (QED) is 0.726. The van der Waals surface area contributed by atoms with Crippen molar-refractivity contribution in [3.8, 4) is 0 Å². The van der Waals surface area contributed by atoms with Gasteiger partial charge >= 0.3 is 12.0 Å². The summed E-state index contributed by atoms with van der Waals surface area (Å²) in [6.07, 6.45) is 8.18. The third-order valence-electron chi connectivity index (χ3n) is 3.61. The first kappa shape index (κ1) is 15.5. The zero-order valence-electron chi connectivity index (χ0n) is 11.8. The number of carboxylic acid groups (broad SMARTS) is 1. The molecule has 1 aliphatic rings. The van der Waals surface area contributed by atoms with Gasteiger partial charge in [0, 0.05) is 12.6 Å². The lowest BCUT2D eigenvalue weighted by Gasteiger charge is -2.28. The molecule has 0 bridgehead atoms. The van der Waals surface area contributed by atoms with E-state index in [0.29, 0.717) is 12.5 Å². The number of urea groups is 1. The maximum Gasteiger partial charge on any atom is 0.323 e. The monoisotopic (exact) mass is 268 g/mol. The van der Waals surface area contributed by atoms with Crippen LogP contribution in [0.25, 0.3) is 0 Å². The zero-order chi connectivity index (χ0) is 14.3. The Hall–Kier alpha value is -1.52. The Bertz CT molecular complexity index is 342. The van der Waals surface area contributed by atoms with E-state index in [-0.39, 0.29) is 18.6 Å². The van der Waals surface area contributed by atoms with E-state index >= 15 is 0 Å². The van der Waals surface area contributed by atoms with E-state index in [1.165, 1.54) is 4.90 Å². The number of allylic oxidation sites excluding steroid dienone is 2. The molecule has 0 aromatic heterocycles. The van der Waals surface area contributed by atoms with Crippen molar-refractivity contribution in [2.75, 3.05) is 13.1 Å². The molecule has 0 aliphatic heterocycles. The first-order valence-electron chi connectivity index (χ1n) is 6.95. The highest BCUT2D eigenvalue weighted by Crippen LogP contribution is 2.17. The fourth-order valence-electron chi connectivity index (χ4n) is 2.17. The van der Waals surface area contributed by atoms with Crippen LogP contribution in [0.5, 0.6) is 0 Å². The van der Waals surface area contributed by atoms with Gasteiger partial charge in [0.15, 0.2) is 0 Å². The molecule has 2 N–H and O–H groups in total. The number of nitrogens with one attached hydrogen (secondary N) is 1. The van der Waals surface area contributed by atoms with Gasteiger partial charge in [0.2, 0.25) is 0 Å². The van der Waals surface area contributed by atoms with Crippen molar-refractivity contribution in [1.82, 2.24) is 10.2 Å². The van der Waals surface area contributed by atoms with Gasteiger partial charge in [-0.1, -0.05) is 19.1 Å². The Balaban J connectivity index is 2.46. The number of aliphatic carboxylic acids is 1. The predicted molar refractivity (Wildman–Crippen MR) is 74.0 cm³/mol. The summed E-state index contributed by atoms with van der Waals surface area (Å²) in [6, 6.07) is -0.339. The summed E-state index contributed by atoms with van der Waals surface area (Å²) < 4.78 is 0. The standard InChI is InChI=1S/C14H24N2O3/c1-3-11(2)16(10-13(17)18)14(19)15-9-12-7-5-4-6-8-12/h4-5,11-12H,3,6-10H2,1-2H3,(H,15,19)(H,17,18). The SMILES string of the molecule is CCC(C)N(CC(=O)O)C(=O)NCC1CC=CCC1. The van der Waals surface area contributed by atoms with Crippen LogP contribution in [0.3, 0.4) is 0 Å². The maximum absolute atomic E-state index is 12.1. The minimum atomic E-state index is -0.976. The summed E-state index contributed by atoms with van der Waals surface area (Å²) in [5, 5.41) is 11.7. The summed E-state index contributed by atoms with van der Waals surface area (Å²) in [5.41, 5.74) is 0. The van der Waals surface area contributed by atoms with Crippen LogP contribution in [0.15, 0.2) is 12.2 Å². The van der Waals surface area contributed by atoms with Gasteiger partial charge in [0.05, 0.1) is 0 Å². The number of nitrogens with zero attached hydrogens (tertiary/aromatic N) is 1. The summed E-state index contributed by atoms with van der Waals surface area (Å²) in [5.74, 6) is -0.506. The van der Waals surface area contributed by atoms with Gasteiger partial charge in [-0.15, -0.1) is 0 Å². The molecule has 0 radical (unpaired) electrons. The van der Waals surface area contributed by atoms with Gasteiger partial charge < -0.3 is 15.3 Å². The van der Waals surface area contributed by atoms with E-state index < -0.39 is 5.97 Å². The fourth-order valence-corrected chi connectivity index (χ4v) is 2.17. The lowest BCUT2D eigenvalue weighted by molar-refractivity contribution is -0.138. The van der Waals surface area contributed by atoms with E-state index in [1.807, 2.05) is 13.8 Å². The number of amides is 2. The molecule has 0 heterocycles. The lowest BCUT2D eigenvalue weighted by Crippen LogP contribution is -2.48. The molecule has 0 aromatic rings. The second kappa shape index (κ2) is 7.81. The highest BCUT2D eigenvalue weighted by atomic mass is 16.4. The van der Waals surface area contributed by atoms with Crippen molar-refractivity contribution in [2.45, 2.75) is 45.6 Å². The molecule has 0 saturated carbocycles.